The van der Waals surface area contributed by atoms with Gasteiger partial charge in [-0.15, -0.1) is 11.3 Å². The Hall–Kier alpha value is -0.150. The molecule has 2 rings (SSSR count). The molecule has 1 fully saturated rings. The molecule has 1 saturated carbocycles. The van der Waals surface area contributed by atoms with Crippen molar-refractivity contribution in [1.82, 2.24) is 0 Å². The van der Waals surface area contributed by atoms with Gasteiger partial charge in [0.25, 0.3) is 0 Å². The molecule has 0 aliphatic heterocycles. The summed E-state index contributed by atoms with van der Waals surface area (Å²) < 4.78 is 1.09. The maximum Gasteiger partial charge on any atom is 0.141 e. The van der Waals surface area contributed by atoms with E-state index in [4.69, 9.17) is 0 Å². The van der Waals surface area contributed by atoms with Crippen molar-refractivity contribution in [1.29, 1.82) is 0 Å². The minimum Gasteiger partial charge on any atom is -0.299 e. The number of hydrogen-bond acceptors (Lipinski definition) is 2. The smallest absolute Gasteiger partial charge is 0.141 e. The molecule has 1 aromatic rings. The molecule has 1 aliphatic carbocycles. The van der Waals surface area contributed by atoms with Crippen LogP contribution in [0.5, 0.6) is 0 Å². The summed E-state index contributed by atoms with van der Waals surface area (Å²) in [4.78, 5) is 13.2. The van der Waals surface area contributed by atoms with E-state index in [9.17, 15) is 4.79 Å². The lowest BCUT2D eigenvalue weighted by Crippen LogP contribution is -2.18. The molecular formula is C12H15BrOS. The average Bonchev–Trinajstić information content (AvgIpc) is 2.76. The average molecular weight is 287 g/mol. The molecule has 1 aromatic heterocycles. The number of thiophene rings is 1. The van der Waals surface area contributed by atoms with Crippen LogP contribution in [0.1, 0.15) is 31.1 Å². The van der Waals surface area contributed by atoms with Crippen molar-refractivity contribution in [3.05, 3.63) is 20.8 Å². The van der Waals surface area contributed by atoms with Gasteiger partial charge in [0.2, 0.25) is 0 Å². The summed E-state index contributed by atoms with van der Waals surface area (Å²) in [5.74, 6) is 1.35. The van der Waals surface area contributed by atoms with E-state index in [-0.39, 0.29) is 0 Å². The van der Waals surface area contributed by atoms with Gasteiger partial charge in [-0.25, -0.2) is 0 Å². The summed E-state index contributed by atoms with van der Waals surface area (Å²) in [6.45, 7) is 2.21. The fourth-order valence-electron chi connectivity index (χ4n) is 2.36. The van der Waals surface area contributed by atoms with Crippen LogP contribution >= 0.6 is 27.3 Å². The van der Waals surface area contributed by atoms with Crippen LogP contribution in [0.25, 0.3) is 0 Å². The van der Waals surface area contributed by atoms with E-state index in [1.54, 1.807) is 11.3 Å². The summed E-state index contributed by atoms with van der Waals surface area (Å²) >= 11 is 5.15. The van der Waals surface area contributed by atoms with Crippen molar-refractivity contribution in [3.8, 4) is 0 Å². The largest absolute Gasteiger partial charge is 0.299 e. The standard InChI is InChI=1S/C12H15BrOS/c1-8-3-2-4-9(8)11(14)7-12-10(13)5-6-15-12/h5-6,8-9H,2-4,7H2,1H3. The Balaban J connectivity index is 2.01. The first-order valence-electron chi connectivity index (χ1n) is 5.43. The zero-order valence-electron chi connectivity index (χ0n) is 8.83. The second kappa shape index (κ2) is 4.79. The second-order valence-electron chi connectivity index (χ2n) is 4.35. The highest BCUT2D eigenvalue weighted by Crippen LogP contribution is 2.33. The molecule has 2 atom stereocenters. The fourth-order valence-corrected chi connectivity index (χ4v) is 3.87. The monoisotopic (exact) mass is 286 g/mol. The van der Waals surface area contributed by atoms with Gasteiger partial charge in [0.1, 0.15) is 5.78 Å². The Kier molecular flexibility index (Phi) is 3.62. The minimum atomic E-state index is 0.319. The number of rotatable bonds is 3. The predicted octanol–water partition coefficient (Wildman–Crippen LogP) is 4.06. The van der Waals surface area contributed by atoms with Crippen molar-refractivity contribution in [2.45, 2.75) is 32.6 Å². The number of ketones is 1. The van der Waals surface area contributed by atoms with Crippen LogP contribution in [-0.4, -0.2) is 5.78 Å². The highest BCUT2D eigenvalue weighted by atomic mass is 79.9. The number of halogens is 1. The number of carbonyl (C=O) groups is 1. The number of Topliss-reactive ketones (excluding diaryl/α,β-unsaturated/α-hetero) is 1. The molecule has 0 aromatic carbocycles. The third kappa shape index (κ3) is 2.51. The van der Waals surface area contributed by atoms with Gasteiger partial charge in [-0.2, -0.15) is 0 Å². The van der Waals surface area contributed by atoms with E-state index in [1.165, 1.54) is 17.7 Å². The van der Waals surface area contributed by atoms with Gasteiger partial charge in [0.05, 0.1) is 0 Å². The Labute approximate surface area is 103 Å². The van der Waals surface area contributed by atoms with Gasteiger partial charge in [0.15, 0.2) is 0 Å². The molecule has 1 nitrogen and oxygen atoms in total. The second-order valence-corrected chi connectivity index (χ2v) is 6.20. The summed E-state index contributed by atoms with van der Waals surface area (Å²) in [5.41, 5.74) is 0. The fraction of sp³-hybridized carbons (Fsp3) is 0.583. The van der Waals surface area contributed by atoms with E-state index < -0.39 is 0 Å². The molecule has 1 heterocycles. The highest BCUT2D eigenvalue weighted by molar-refractivity contribution is 9.10. The lowest BCUT2D eigenvalue weighted by Gasteiger charge is -2.13. The van der Waals surface area contributed by atoms with Crippen molar-refractivity contribution in [2.24, 2.45) is 11.8 Å². The van der Waals surface area contributed by atoms with Gasteiger partial charge in [0, 0.05) is 21.7 Å². The summed E-state index contributed by atoms with van der Waals surface area (Å²) in [5, 5.41) is 2.03. The molecule has 15 heavy (non-hydrogen) atoms. The maximum absolute atomic E-state index is 12.1. The van der Waals surface area contributed by atoms with E-state index in [2.05, 4.69) is 22.9 Å². The maximum atomic E-state index is 12.1. The third-order valence-electron chi connectivity index (χ3n) is 3.30. The van der Waals surface area contributed by atoms with Crippen LogP contribution in [0.2, 0.25) is 0 Å². The van der Waals surface area contributed by atoms with E-state index in [1.807, 2.05) is 11.4 Å². The Morgan fingerprint density at radius 3 is 2.93 bits per heavy atom. The zero-order valence-corrected chi connectivity index (χ0v) is 11.2. The van der Waals surface area contributed by atoms with Crippen LogP contribution in [0.3, 0.4) is 0 Å². The molecule has 3 heteroatoms. The van der Waals surface area contributed by atoms with E-state index >= 15 is 0 Å². The molecule has 82 valence electrons. The summed E-state index contributed by atoms with van der Waals surface area (Å²) in [6, 6.07) is 2.02. The number of carbonyl (C=O) groups excluding carboxylic acids is 1. The molecule has 0 spiro atoms. The van der Waals surface area contributed by atoms with Crippen LogP contribution in [0.15, 0.2) is 15.9 Å². The molecule has 0 bridgehead atoms. The molecule has 2 unspecified atom stereocenters. The quantitative estimate of drug-likeness (QED) is 0.819. The topological polar surface area (TPSA) is 17.1 Å². The minimum absolute atomic E-state index is 0.319. The van der Waals surface area contributed by atoms with E-state index in [0.29, 0.717) is 24.0 Å². The first kappa shape index (κ1) is 11.3. The molecule has 0 radical (unpaired) electrons. The van der Waals surface area contributed by atoms with Gasteiger partial charge >= 0.3 is 0 Å². The van der Waals surface area contributed by atoms with Crippen molar-refractivity contribution < 1.29 is 4.79 Å². The predicted molar refractivity (Wildman–Crippen MR) is 67.2 cm³/mol. The normalized spacial score (nSPS) is 25.7. The SMILES string of the molecule is CC1CCCC1C(=O)Cc1sccc1Br. The van der Waals surface area contributed by atoms with Crippen molar-refractivity contribution in [2.75, 3.05) is 0 Å². The Morgan fingerprint density at radius 1 is 1.60 bits per heavy atom. The van der Waals surface area contributed by atoms with Gasteiger partial charge in [-0.3, -0.25) is 4.79 Å². The van der Waals surface area contributed by atoms with Crippen LogP contribution in [0, 0.1) is 11.8 Å². The molecular weight excluding hydrogens is 272 g/mol. The zero-order chi connectivity index (χ0) is 10.8. The lowest BCUT2D eigenvalue weighted by molar-refractivity contribution is -0.123. The number of hydrogen-bond donors (Lipinski definition) is 0. The first-order valence-corrected chi connectivity index (χ1v) is 7.10. The molecule has 0 saturated heterocycles. The summed E-state index contributed by atoms with van der Waals surface area (Å²) in [7, 11) is 0. The Bertz CT molecular complexity index is 358. The van der Waals surface area contributed by atoms with Crippen LogP contribution in [-0.2, 0) is 11.2 Å². The first-order chi connectivity index (χ1) is 7.18. The highest BCUT2D eigenvalue weighted by Gasteiger charge is 2.29. The van der Waals surface area contributed by atoms with E-state index in [0.717, 1.165) is 10.9 Å². The molecule has 0 N–H and O–H groups in total. The third-order valence-corrected chi connectivity index (χ3v) is 5.23. The van der Waals surface area contributed by atoms with Gasteiger partial charge in [-0.05, 0) is 46.1 Å². The summed E-state index contributed by atoms with van der Waals surface area (Å²) in [6.07, 6.45) is 4.17. The Morgan fingerprint density at radius 2 is 2.40 bits per heavy atom. The van der Waals surface area contributed by atoms with Gasteiger partial charge < -0.3 is 0 Å². The van der Waals surface area contributed by atoms with Crippen LogP contribution < -0.4 is 0 Å². The lowest BCUT2D eigenvalue weighted by atomic mass is 9.92. The van der Waals surface area contributed by atoms with Crippen LogP contribution in [0.4, 0.5) is 0 Å². The van der Waals surface area contributed by atoms with Crippen molar-refractivity contribution in [3.63, 3.8) is 0 Å². The molecule has 1 aliphatic rings. The van der Waals surface area contributed by atoms with Gasteiger partial charge in [-0.1, -0.05) is 13.3 Å². The molecule has 0 amide bonds. The van der Waals surface area contributed by atoms with Crippen molar-refractivity contribution >= 4 is 33.0 Å².